The first-order chi connectivity index (χ1) is 15.1. The fourth-order valence-corrected chi connectivity index (χ4v) is 4.37. The van der Waals surface area contributed by atoms with E-state index in [1.165, 1.54) is 6.08 Å². The summed E-state index contributed by atoms with van der Waals surface area (Å²) in [4.78, 5) is 25.6. The summed E-state index contributed by atoms with van der Waals surface area (Å²) in [6.07, 6.45) is 8.32. The Kier molecular flexibility index (Phi) is 6.62. The van der Waals surface area contributed by atoms with Crippen LogP contribution in [0.1, 0.15) is 38.2 Å². The third kappa shape index (κ3) is 5.30. The summed E-state index contributed by atoms with van der Waals surface area (Å²) >= 11 is 1.58. The lowest BCUT2D eigenvalue weighted by Crippen LogP contribution is -2.40. The van der Waals surface area contributed by atoms with Crippen LogP contribution in [0.25, 0.3) is 22.3 Å². The minimum Gasteiger partial charge on any atom is -0.449 e. The molecule has 0 aliphatic heterocycles. The number of ether oxygens (including phenoxy) is 1. The van der Waals surface area contributed by atoms with Crippen LogP contribution < -0.4 is 5.32 Å². The van der Waals surface area contributed by atoms with E-state index < -0.39 is 12.1 Å². The van der Waals surface area contributed by atoms with Crippen LogP contribution in [-0.4, -0.2) is 33.8 Å². The van der Waals surface area contributed by atoms with Gasteiger partial charge >= 0.3 is 5.97 Å². The van der Waals surface area contributed by atoms with Crippen LogP contribution in [0, 0.1) is 0 Å². The Hall–Kier alpha value is -3.19. The SMILES string of the molecule is CC(OC(=O)C=Cc1cn(-c2ccccc2)nc1-c1cccs1)C(=O)NC1CCCC1. The van der Waals surface area contributed by atoms with Gasteiger partial charge in [-0.15, -0.1) is 11.3 Å². The maximum absolute atomic E-state index is 12.3. The number of hydrogen-bond acceptors (Lipinski definition) is 5. The zero-order valence-corrected chi connectivity index (χ0v) is 18.2. The molecule has 3 aromatic rings. The first-order valence-corrected chi connectivity index (χ1v) is 11.4. The Morgan fingerprint density at radius 1 is 1.19 bits per heavy atom. The number of carbonyl (C=O) groups excluding carboxylic acids is 2. The molecule has 1 atom stereocenters. The predicted molar refractivity (Wildman–Crippen MR) is 122 cm³/mol. The number of nitrogens with one attached hydrogen (secondary N) is 1. The maximum atomic E-state index is 12.3. The van der Waals surface area contributed by atoms with E-state index in [9.17, 15) is 9.59 Å². The molecular weight excluding hydrogens is 410 g/mol. The van der Waals surface area contributed by atoms with Crippen LogP contribution in [0.15, 0.2) is 60.1 Å². The second-order valence-corrected chi connectivity index (χ2v) is 8.54. The number of thiophene rings is 1. The van der Waals surface area contributed by atoms with Crippen LogP contribution in [0.2, 0.25) is 0 Å². The molecule has 1 saturated carbocycles. The molecule has 2 aromatic heterocycles. The molecular formula is C24H25N3O3S. The van der Waals surface area contributed by atoms with E-state index in [1.807, 2.05) is 54.0 Å². The van der Waals surface area contributed by atoms with E-state index in [4.69, 9.17) is 9.84 Å². The largest absolute Gasteiger partial charge is 0.449 e. The zero-order chi connectivity index (χ0) is 21.6. The molecule has 0 radical (unpaired) electrons. The van der Waals surface area contributed by atoms with E-state index in [1.54, 1.807) is 29.0 Å². The predicted octanol–water partition coefficient (Wildman–Crippen LogP) is 4.60. The number of aromatic nitrogens is 2. The molecule has 7 heteroatoms. The van der Waals surface area contributed by atoms with Gasteiger partial charge in [0.2, 0.25) is 0 Å². The summed E-state index contributed by atoms with van der Waals surface area (Å²) in [5.41, 5.74) is 2.51. The molecule has 31 heavy (non-hydrogen) atoms. The number of nitrogens with zero attached hydrogens (tertiary/aromatic N) is 2. The van der Waals surface area contributed by atoms with E-state index in [2.05, 4.69) is 5.32 Å². The second kappa shape index (κ2) is 9.75. The molecule has 1 aliphatic carbocycles. The van der Waals surface area contributed by atoms with Crippen molar-refractivity contribution in [1.82, 2.24) is 15.1 Å². The lowest BCUT2D eigenvalue weighted by molar-refractivity contribution is -0.150. The van der Waals surface area contributed by atoms with Crippen LogP contribution in [0.5, 0.6) is 0 Å². The second-order valence-electron chi connectivity index (χ2n) is 7.59. The normalized spacial score (nSPS) is 15.3. The molecule has 1 aromatic carbocycles. The highest BCUT2D eigenvalue weighted by Gasteiger charge is 2.22. The fraction of sp³-hybridized carbons (Fsp3) is 0.292. The molecule has 0 saturated heterocycles. The van der Waals surface area contributed by atoms with Crippen LogP contribution in [0.4, 0.5) is 0 Å². The quantitative estimate of drug-likeness (QED) is 0.435. The van der Waals surface area contributed by atoms with Crippen LogP contribution >= 0.6 is 11.3 Å². The Bertz CT molecular complexity index is 1050. The first kappa shape index (κ1) is 21.1. The summed E-state index contributed by atoms with van der Waals surface area (Å²) in [5.74, 6) is -0.802. The van der Waals surface area contributed by atoms with Crippen molar-refractivity contribution >= 4 is 29.3 Å². The third-order valence-electron chi connectivity index (χ3n) is 5.28. The Morgan fingerprint density at radius 2 is 1.97 bits per heavy atom. The number of amides is 1. The van der Waals surface area contributed by atoms with Crippen molar-refractivity contribution in [2.75, 3.05) is 0 Å². The van der Waals surface area contributed by atoms with Gasteiger partial charge in [0.15, 0.2) is 6.10 Å². The maximum Gasteiger partial charge on any atom is 0.331 e. The molecule has 160 valence electrons. The highest BCUT2D eigenvalue weighted by atomic mass is 32.1. The van der Waals surface area contributed by atoms with Crippen LogP contribution in [-0.2, 0) is 14.3 Å². The van der Waals surface area contributed by atoms with Crippen molar-refractivity contribution in [2.45, 2.75) is 44.8 Å². The number of benzene rings is 1. The molecule has 4 rings (SSSR count). The minimum atomic E-state index is -0.832. The molecule has 1 fully saturated rings. The van der Waals surface area contributed by atoms with E-state index in [-0.39, 0.29) is 11.9 Å². The van der Waals surface area contributed by atoms with Gasteiger partial charge in [0.1, 0.15) is 5.69 Å². The average molecular weight is 436 g/mol. The van der Waals surface area contributed by atoms with Crippen molar-refractivity contribution in [3.05, 3.63) is 65.7 Å². The van der Waals surface area contributed by atoms with Gasteiger partial charge in [0, 0.05) is 23.9 Å². The van der Waals surface area contributed by atoms with Gasteiger partial charge < -0.3 is 10.1 Å². The topological polar surface area (TPSA) is 73.2 Å². The summed E-state index contributed by atoms with van der Waals surface area (Å²) in [5, 5.41) is 9.65. The summed E-state index contributed by atoms with van der Waals surface area (Å²) < 4.78 is 7.09. The minimum absolute atomic E-state index is 0.196. The van der Waals surface area contributed by atoms with Crippen molar-refractivity contribution in [3.63, 3.8) is 0 Å². The van der Waals surface area contributed by atoms with Crippen molar-refractivity contribution < 1.29 is 14.3 Å². The highest BCUT2D eigenvalue weighted by Crippen LogP contribution is 2.28. The molecule has 2 heterocycles. The van der Waals surface area contributed by atoms with Crippen molar-refractivity contribution in [3.8, 4) is 16.3 Å². The molecule has 6 nitrogen and oxygen atoms in total. The fourth-order valence-electron chi connectivity index (χ4n) is 3.64. The lowest BCUT2D eigenvalue weighted by atomic mass is 10.2. The van der Waals surface area contributed by atoms with E-state index >= 15 is 0 Å². The van der Waals surface area contributed by atoms with Crippen molar-refractivity contribution in [1.29, 1.82) is 0 Å². The molecule has 1 aliphatic rings. The number of carbonyl (C=O) groups is 2. The number of esters is 1. The van der Waals surface area contributed by atoms with Gasteiger partial charge in [-0.25, -0.2) is 9.48 Å². The smallest absolute Gasteiger partial charge is 0.331 e. The molecule has 1 unspecified atom stereocenters. The lowest BCUT2D eigenvalue weighted by Gasteiger charge is -2.16. The first-order valence-electron chi connectivity index (χ1n) is 10.5. The number of rotatable bonds is 7. The Balaban J connectivity index is 1.46. The van der Waals surface area contributed by atoms with Crippen molar-refractivity contribution in [2.24, 2.45) is 0 Å². The monoisotopic (exact) mass is 435 g/mol. The molecule has 0 spiro atoms. The summed E-state index contributed by atoms with van der Waals surface area (Å²) in [6, 6.07) is 13.9. The van der Waals surface area contributed by atoms with Gasteiger partial charge in [0.05, 0.1) is 10.6 Å². The van der Waals surface area contributed by atoms with E-state index in [0.717, 1.165) is 47.5 Å². The van der Waals surface area contributed by atoms with E-state index in [0.29, 0.717) is 0 Å². The molecule has 1 amide bonds. The van der Waals surface area contributed by atoms with Gasteiger partial charge in [-0.1, -0.05) is 37.1 Å². The summed E-state index contributed by atoms with van der Waals surface area (Å²) in [6.45, 7) is 1.60. The number of para-hydroxylation sites is 1. The standard InChI is InChI=1S/C24H25N3O3S/c1-17(24(29)25-19-8-5-6-9-19)30-22(28)14-13-18-16-27(20-10-3-2-4-11-20)26-23(18)21-12-7-15-31-21/h2-4,7,10-17,19H,5-6,8-9H2,1H3,(H,25,29). The Morgan fingerprint density at radius 3 is 2.68 bits per heavy atom. The summed E-state index contributed by atoms with van der Waals surface area (Å²) in [7, 11) is 0. The third-order valence-corrected chi connectivity index (χ3v) is 6.16. The van der Waals surface area contributed by atoms with Gasteiger partial charge in [0.25, 0.3) is 5.91 Å². The highest BCUT2D eigenvalue weighted by molar-refractivity contribution is 7.13. The van der Waals surface area contributed by atoms with Gasteiger partial charge in [-0.05, 0) is 49.4 Å². The molecule has 0 bridgehead atoms. The van der Waals surface area contributed by atoms with Crippen LogP contribution in [0.3, 0.4) is 0 Å². The Labute approximate surface area is 185 Å². The number of hydrogen-bond donors (Lipinski definition) is 1. The molecule has 1 N–H and O–H groups in total. The zero-order valence-electron chi connectivity index (χ0n) is 17.4. The average Bonchev–Trinajstić information content (AvgIpc) is 3.54. The van der Waals surface area contributed by atoms with Gasteiger partial charge in [-0.2, -0.15) is 5.10 Å². The van der Waals surface area contributed by atoms with Gasteiger partial charge in [-0.3, -0.25) is 4.79 Å².